The summed E-state index contributed by atoms with van der Waals surface area (Å²) >= 11 is 6.15. The Bertz CT molecular complexity index is 1040. The molecule has 0 fully saturated rings. The summed E-state index contributed by atoms with van der Waals surface area (Å²) in [5.74, 6) is -1.17. The second-order valence-electron chi connectivity index (χ2n) is 5.93. The van der Waals surface area contributed by atoms with E-state index in [1.807, 2.05) is 0 Å². The number of hydrogen-bond acceptors (Lipinski definition) is 5. The highest BCUT2D eigenvalue weighted by atomic mass is 32.1. The first-order valence-corrected chi connectivity index (χ1v) is 9.56. The summed E-state index contributed by atoms with van der Waals surface area (Å²) in [7, 11) is 0. The van der Waals surface area contributed by atoms with Crippen LogP contribution >= 0.6 is 23.8 Å². The molecule has 0 aliphatic rings. The molecule has 1 aromatic heterocycles. The van der Waals surface area contributed by atoms with Crippen molar-refractivity contribution >= 4 is 46.1 Å². The third-order valence-electron chi connectivity index (χ3n) is 3.81. The third kappa shape index (κ3) is 5.70. The Morgan fingerprint density at radius 3 is 2.33 bits per heavy atom. The molecule has 0 aliphatic heterocycles. The van der Waals surface area contributed by atoms with Gasteiger partial charge in [-0.1, -0.05) is 4.49 Å². The van der Waals surface area contributed by atoms with Crippen LogP contribution in [0, 0.1) is 5.82 Å². The van der Waals surface area contributed by atoms with E-state index in [9.17, 15) is 22.4 Å². The van der Waals surface area contributed by atoms with Crippen LogP contribution in [0.15, 0.2) is 47.8 Å². The lowest BCUT2D eigenvalue weighted by Gasteiger charge is -2.13. The normalized spacial score (nSPS) is 11.1. The number of carbonyl (C=O) groups is 1. The van der Waals surface area contributed by atoms with Gasteiger partial charge < -0.3 is 16.0 Å². The maximum atomic E-state index is 13.8. The van der Waals surface area contributed by atoms with Crippen LogP contribution in [0.5, 0.6) is 0 Å². The number of rotatable bonds is 5. The van der Waals surface area contributed by atoms with Crippen molar-refractivity contribution in [1.29, 1.82) is 0 Å². The van der Waals surface area contributed by atoms with Gasteiger partial charge in [-0.3, -0.25) is 4.79 Å². The molecule has 3 N–H and O–H groups in total. The van der Waals surface area contributed by atoms with Crippen LogP contribution in [0.3, 0.4) is 0 Å². The van der Waals surface area contributed by atoms with Gasteiger partial charge in [-0.25, -0.2) is 4.39 Å². The molecule has 3 aromatic rings. The number of benzene rings is 2. The number of carbonyl (C=O) groups excluding carboxylic acids is 1. The van der Waals surface area contributed by atoms with Crippen molar-refractivity contribution in [3.05, 3.63) is 70.5 Å². The lowest BCUT2D eigenvalue weighted by molar-refractivity contribution is -0.137. The van der Waals surface area contributed by atoms with Crippen molar-refractivity contribution in [1.82, 2.24) is 14.9 Å². The highest BCUT2D eigenvalue weighted by molar-refractivity contribution is 7.80. The second kappa shape index (κ2) is 9.13. The van der Waals surface area contributed by atoms with E-state index in [1.165, 1.54) is 5.38 Å². The molecular formula is C18H13F4N5OS2. The minimum atomic E-state index is -4.56. The first-order chi connectivity index (χ1) is 14.2. The van der Waals surface area contributed by atoms with Crippen LogP contribution in [-0.4, -0.2) is 20.6 Å². The molecule has 12 heteroatoms. The van der Waals surface area contributed by atoms with Crippen LogP contribution in [0.2, 0.25) is 0 Å². The molecule has 2 aromatic carbocycles. The number of nitrogens with zero attached hydrogens (tertiary/aromatic N) is 2. The maximum absolute atomic E-state index is 13.8. The molecule has 6 nitrogen and oxygen atoms in total. The van der Waals surface area contributed by atoms with Gasteiger partial charge in [0.25, 0.3) is 5.91 Å². The number of halogens is 4. The van der Waals surface area contributed by atoms with Crippen LogP contribution in [0.4, 0.5) is 28.9 Å². The molecule has 0 unspecified atom stereocenters. The minimum absolute atomic E-state index is 0.0946. The quantitative estimate of drug-likeness (QED) is 0.390. The number of anilines is 2. The summed E-state index contributed by atoms with van der Waals surface area (Å²) in [6, 6.07) is 8.69. The molecular weight excluding hydrogens is 442 g/mol. The van der Waals surface area contributed by atoms with Gasteiger partial charge in [-0.2, -0.15) is 13.2 Å². The van der Waals surface area contributed by atoms with Crippen molar-refractivity contribution in [3.63, 3.8) is 0 Å². The van der Waals surface area contributed by atoms with Crippen LogP contribution in [0.1, 0.15) is 21.6 Å². The van der Waals surface area contributed by atoms with Gasteiger partial charge in [0, 0.05) is 28.9 Å². The largest absolute Gasteiger partial charge is 0.416 e. The van der Waals surface area contributed by atoms with E-state index in [2.05, 4.69) is 25.5 Å². The average molecular weight is 455 g/mol. The fourth-order valence-corrected chi connectivity index (χ4v) is 2.96. The summed E-state index contributed by atoms with van der Waals surface area (Å²) in [6.07, 6.45) is -4.56. The van der Waals surface area contributed by atoms with E-state index >= 15 is 0 Å². The topological polar surface area (TPSA) is 78.9 Å². The highest BCUT2D eigenvalue weighted by Gasteiger charge is 2.31. The summed E-state index contributed by atoms with van der Waals surface area (Å²) in [5, 5.41) is 13.4. The maximum Gasteiger partial charge on any atom is 0.416 e. The molecule has 1 heterocycles. The first kappa shape index (κ1) is 21.6. The first-order valence-electron chi connectivity index (χ1n) is 8.31. The summed E-state index contributed by atoms with van der Waals surface area (Å²) < 4.78 is 55.7. The van der Waals surface area contributed by atoms with Gasteiger partial charge >= 0.3 is 6.18 Å². The predicted octanol–water partition coefficient (Wildman–Crippen LogP) is 4.43. The van der Waals surface area contributed by atoms with E-state index in [0.717, 1.165) is 23.7 Å². The van der Waals surface area contributed by atoms with Crippen LogP contribution in [0.25, 0.3) is 0 Å². The Morgan fingerprint density at radius 2 is 1.73 bits per heavy atom. The van der Waals surface area contributed by atoms with Crippen molar-refractivity contribution in [2.45, 2.75) is 12.7 Å². The zero-order valence-electron chi connectivity index (χ0n) is 15.0. The number of alkyl halides is 3. The van der Waals surface area contributed by atoms with Gasteiger partial charge in [0.1, 0.15) is 5.82 Å². The number of aromatic nitrogens is 2. The molecule has 156 valence electrons. The zero-order valence-corrected chi connectivity index (χ0v) is 16.6. The highest BCUT2D eigenvalue weighted by Crippen LogP contribution is 2.30. The monoisotopic (exact) mass is 455 g/mol. The smallest absolute Gasteiger partial charge is 0.358 e. The van der Waals surface area contributed by atoms with Gasteiger partial charge in [-0.05, 0) is 66.2 Å². The average Bonchev–Trinajstić information content (AvgIpc) is 3.23. The lowest BCUT2D eigenvalue weighted by atomic mass is 10.1. The molecule has 0 spiro atoms. The van der Waals surface area contributed by atoms with Gasteiger partial charge in [-0.15, -0.1) is 5.10 Å². The Morgan fingerprint density at radius 1 is 1.07 bits per heavy atom. The van der Waals surface area contributed by atoms with E-state index in [0.29, 0.717) is 17.4 Å². The lowest BCUT2D eigenvalue weighted by Crippen LogP contribution is -2.28. The van der Waals surface area contributed by atoms with E-state index in [4.69, 9.17) is 12.2 Å². The fraction of sp³-hybridized carbons (Fsp3) is 0.111. The van der Waals surface area contributed by atoms with Gasteiger partial charge in [0.2, 0.25) is 0 Å². The molecule has 0 aliphatic carbocycles. The Kier molecular flexibility index (Phi) is 6.57. The Labute approximate surface area is 177 Å². The minimum Gasteiger partial charge on any atom is -0.358 e. The molecule has 0 saturated carbocycles. The van der Waals surface area contributed by atoms with Gasteiger partial charge in [0.15, 0.2) is 10.8 Å². The molecule has 3 rings (SSSR count). The van der Waals surface area contributed by atoms with Crippen LogP contribution in [-0.2, 0) is 12.7 Å². The SMILES string of the molecule is O=C(Nc1ccc(NC(=S)NCc2cc(C(F)(F)F)ccc2F)cc1)c1csnn1. The van der Waals surface area contributed by atoms with E-state index in [-0.39, 0.29) is 22.9 Å². The number of amides is 1. The molecule has 0 radical (unpaired) electrons. The molecule has 30 heavy (non-hydrogen) atoms. The molecule has 0 saturated heterocycles. The summed E-state index contributed by atoms with van der Waals surface area (Å²) in [6.45, 7) is -0.225. The zero-order chi connectivity index (χ0) is 21.7. The second-order valence-corrected chi connectivity index (χ2v) is 6.95. The molecule has 1 amide bonds. The van der Waals surface area contributed by atoms with Crippen molar-refractivity contribution in [2.75, 3.05) is 10.6 Å². The fourth-order valence-electron chi connectivity index (χ4n) is 2.33. The van der Waals surface area contributed by atoms with Crippen molar-refractivity contribution in [3.8, 4) is 0 Å². The van der Waals surface area contributed by atoms with Crippen LogP contribution < -0.4 is 16.0 Å². The molecule has 0 atom stereocenters. The number of hydrogen-bond donors (Lipinski definition) is 3. The number of thiocarbonyl (C=S) groups is 1. The predicted molar refractivity (Wildman–Crippen MR) is 109 cm³/mol. The van der Waals surface area contributed by atoms with Gasteiger partial charge in [0.05, 0.1) is 5.56 Å². The third-order valence-corrected chi connectivity index (χ3v) is 4.56. The standard InChI is InChI=1S/C18H13F4N5OS2/c19-14-6-1-11(18(20,21)22)7-10(14)8-23-17(29)25-13-4-2-12(3-5-13)24-16(28)15-9-30-27-26-15/h1-7,9H,8H2,(H,24,28)(H2,23,25,29). The Balaban J connectivity index is 1.55. The summed E-state index contributed by atoms with van der Waals surface area (Å²) in [5.41, 5.74) is 0.178. The number of nitrogens with one attached hydrogen (secondary N) is 3. The van der Waals surface area contributed by atoms with Crippen molar-refractivity contribution in [2.24, 2.45) is 0 Å². The van der Waals surface area contributed by atoms with Crippen molar-refractivity contribution < 1.29 is 22.4 Å². The molecule has 0 bridgehead atoms. The summed E-state index contributed by atoms with van der Waals surface area (Å²) in [4.78, 5) is 11.9. The Hall–Kier alpha value is -3.12. The van der Waals surface area contributed by atoms with E-state index < -0.39 is 23.5 Å². The van der Waals surface area contributed by atoms with E-state index in [1.54, 1.807) is 24.3 Å².